The number of esters is 1. The highest BCUT2D eigenvalue weighted by molar-refractivity contribution is 9.09. The number of carbonyl (C=O) groups is 1. The summed E-state index contributed by atoms with van der Waals surface area (Å²) in [7, 11) is 1.38. The van der Waals surface area contributed by atoms with E-state index in [9.17, 15) is 4.79 Å². The molecule has 3 aromatic carbocycles. The third-order valence-electron chi connectivity index (χ3n) is 4.04. The van der Waals surface area contributed by atoms with Crippen LogP contribution >= 0.6 is 15.9 Å². The molecule has 0 aliphatic heterocycles. The standard InChI is InChI=1S/C22H19BrO3/c1-25-22(24)19-11-9-16(10-12-19)13-17(14-23)15-26-21-8-4-6-18-5-2-3-7-20(18)21/h2-13H,14-15H2,1H3/b17-13-. The summed E-state index contributed by atoms with van der Waals surface area (Å²) in [5.41, 5.74) is 2.65. The fourth-order valence-corrected chi connectivity index (χ4v) is 3.00. The highest BCUT2D eigenvalue weighted by Crippen LogP contribution is 2.25. The average molecular weight is 411 g/mol. The van der Waals surface area contributed by atoms with Gasteiger partial charge >= 0.3 is 5.97 Å². The second-order valence-corrected chi connectivity index (χ2v) is 6.38. The molecule has 0 aliphatic carbocycles. The van der Waals surface area contributed by atoms with Gasteiger partial charge in [0.1, 0.15) is 12.4 Å². The number of hydrogen-bond donors (Lipinski definition) is 0. The molecule has 0 amide bonds. The zero-order valence-corrected chi connectivity index (χ0v) is 16.0. The molecule has 3 nitrogen and oxygen atoms in total. The van der Waals surface area contributed by atoms with E-state index in [1.165, 1.54) is 7.11 Å². The van der Waals surface area contributed by atoms with Gasteiger partial charge in [-0.1, -0.05) is 70.5 Å². The maximum atomic E-state index is 11.5. The number of halogens is 1. The van der Waals surface area contributed by atoms with Crippen LogP contribution in [0, 0.1) is 0 Å². The van der Waals surface area contributed by atoms with Gasteiger partial charge in [0.05, 0.1) is 12.7 Å². The molecule has 0 N–H and O–H groups in total. The lowest BCUT2D eigenvalue weighted by Crippen LogP contribution is -2.03. The van der Waals surface area contributed by atoms with E-state index in [0.717, 1.165) is 27.7 Å². The minimum atomic E-state index is -0.333. The highest BCUT2D eigenvalue weighted by Gasteiger charge is 2.05. The summed E-state index contributed by atoms with van der Waals surface area (Å²) in [6.45, 7) is 0.484. The Morgan fingerprint density at radius 1 is 1.00 bits per heavy atom. The average Bonchev–Trinajstić information content (AvgIpc) is 2.71. The van der Waals surface area contributed by atoms with E-state index in [1.807, 2.05) is 36.4 Å². The summed E-state index contributed by atoms with van der Waals surface area (Å²) >= 11 is 3.52. The first kappa shape index (κ1) is 18.2. The Kier molecular flexibility index (Phi) is 6.08. The van der Waals surface area contributed by atoms with Crippen molar-refractivity contribution < 1.29 is 14.3 Å². The Hall–Kier alpha value is -2.59. The van der Waals surface area contributed by atoms with Crippen LogP contribution in [-0.2, 0) is 4.74 Å². The van der Waals surface area contributed by atoms with Crippen molar-refractivity contribution >= 4 is 38.7 Å². The molecule has 0 aliphatic rings. The second kappa shape index (κ2) is 8.68. The molecule has 0 spiro atoms. The van der Waals surface area contributed by atoms with Crippen molar-refractivity contribution in [2.75, 3.05) is 19.0 Å². The minimum Gasteiger partial charge on any atom is -0.489 e. The van der Waals surface area contributed by atoms with Gasteiger partial charge in [-0.25, -0.2) is 4.79 Å². The first-order chi connectivity index (χ1) is 12.7. The topological polar surface area (TPSA) is 35.5 Å². The molecule has 0 fully saturated rings. The Balaban J connectivity index is 1.74. The molecule has 4 heteroatoms. The van der Waals surface area contributed by atoms with Crippen molar-refractivity contribution in [3.05, 3.63) is 83.4 Å². The van der Waals surface area contributed by atoms with Crippen LogP contribution in [0.25, 0.3) is 16.8 Å². The minimum absolute atomic E-state index is 0.333. The smallest absolute Gasteiger partial charge is 0.337 e. The monoisotopic (exact) mass is 410 g/mol. The summed E-state index contributed by atoms with van der Waals surface area (Å²) in [6.07, 6.45) is 2.06. The van der Waals surface area contributed by atoms with Gasteiger partial charge in [-0.2, -0.15) is 0 Å². The highest BCUT2D eigenvalue weighted by atomic mass is 79.9. The number of methoxy groups -OCH3 is 1. The van der Waals surface area contributed by atoms with Crippen LogP contribution in [-0.4, -0.2) is 25.0 Å². The van der Waals surface area contributed by atoms with Gasteiger partial charge in [0, 0.05) is 10.7 Å². The zero-order valence-electron chi connectivity index (χ0n) is 14.4. The largest absolute Gasteiger partial charge is 0.489 e. The second-order valence-electron chi connectivity index (χ2n) is 5.82. The van der Waals surface area contributed by atoms with Crippen LogP contribution in [0.3, 0.4) is 0 Å². The fraction of sp³-hybridized carbons (Fsp3) is 0.136. The number of rotatable bonds is 6. The van der Waals surface area contributed by atoms with Crippen molar-refractivity contribution in [1.29, 1.82) is 0 Å². The number of alkyl halides is 1. The van der Waals surface area contributed by atoms with Crippen molar-refractivity contribution in [1.82, 2.24) is 0 Å². The maximum Gasteiger partial charge on any atom is 0.337 e. The fourth-order valence-electron chi connectivity index (χ4n) is 2.68. The van der Waals surface area contributed by atoms with Crippen LogP contribution < -0.4 is 4.74 Å². The van der Waals surface area contributed by atoms with E-state index in [4.69, 9.17) is 9.47 Å². The third kappa shape index (κ3) is 4.33. The van der Waals surface area contributed by atoms with Crippen molar-refractivity contribution in [2.45, 2.75) is 0 Å². The van der Waals surface area contributed by atoms with Gasteiger partial charge in [-0.3, -0.25) is 0 Å². The summed E-state index contributed by atoms with van der Waals surface area (Å²) in [5.74, 6) is 0.538. The number of hydrogen-bond acceptors (Lipinski definition) is 3. The van der Waals surface area contributed by atoms with Crippen LogP contribution in [0.4, 0.5) is 0 Å². The molecule has 0 atom stereocenters. The Morgan fingerprint density at radius 3 is 2.46 bits per heavy atom. The van der Waals surface area contributed by atoms with Gasteiger partial charge < -0.3 is 9.47 Å². The Morgan fingerprint density at radius 2 is 1.73 bits per heavy atom. The normalized spacial score (nSPS) is 11.4. The zero-order chi connectivity index (χ0) is 18.4. The maximum absolute atomic E-state index is 11.5. The molecule has 3 rings (SSSR count). The molecule has 0 heterocycles. The van der Waals surface area contributed by atoms with Crippen LogP contribution in [0.1, 0.15) is 15.9 Å². The summed E-state index contributed by atoms with van der Waals surface area (Å²) < 4.78 is 10.8. The number of benzene rings is 3. The van der Waals surface area contributed by atoms with E-state index >= 15 is 0 Å². The first-order valence-corrected chi connectivity index (χ1v) is 9.38. The molecule has 26 heavy (non-hydrogen) atoms. The molecule has 0 bridgehead atoms. The SMILES string of the molecule is COC(=O)c1ccc(/C=C(/CBr)COc2cccc3ccccc23)cc1. The lowest BCUT2D eigenvalue weighted by atomic mass is 10.1. The van der Waals surface area contributed by atoms with E-state index in [-0.39, 0.29) is 5.97 Å². The van der Waals surface area contributed by atoms with Gasteiger partial charge in [-0.15, -0.1) is 0 Å². The van der Waals surface area contributed by atoms with Crippen LogP contribution in [0.2, 0.25) is 0 Å². The molecule has 0 radical (unpaired) electrons. The summed E-state index contributed by atoms with van der Waals surface area (Å²) in [5, 5.41) is 2.97. The van der Waals surface area contributed by atoms with E-state index < -0.39 is 0 Å². The summed E-state index contributed by atoms with van der Waals surface area (Å²) in [6, 6.07) is 21.5. The predicted molar refractivity (Wildman–Crippen MR) is 109 cm³/mol. The lowest BCUT2D eigenvalue weighted by molar-refractivity contribution is 0.0600. The summed E-state index contributed by atoms with van der Waals surface area (Å²) in [4.78, 5) is 11.5. The van der Waals surface area contributed by atoms with E-state index in [0.29, 0.717) is 17.5 Å². The number of fused-ring (bicyclic) bond motifs is 1. The number of carbonyl (C=O) groups excluding carboxylic acids is 1. The van der Waals surface area contributed by atoms with E-state index in [1.54, 1.807) is 12.1 Å². The third-order valence-corrected chi connectivity index (χ3v) is 4.76. The molecular formula is C22H19BrO3. The molecule has 0 saturated carbocycles. The Bertz CT molecular complexity index is 924. The Labute approximate surface area is 161 Å². The van der Waals surface area contributed by atoms with Crippen molar-refractivity contribution in [3.8, 4) is 5.75 Å². The molecule has 3 aromatic rings. The molecule has 0 aromatic heterocycles. The van der Waals surface area contributed by atoms with Crippen LogP contribution in [0.5, 0.6) is 5.75 Å². The first-order valence-electron chi connectivity index (χ1n) is 8.25. The van der Waals surface area contributed by atoms with Gasteiger partial charge in [0.15, 0.2) is 0 Å². The van der Waals surface area contributed by atoms with Gasteiger partial charge in [-0.05, 0) is 34.7 Å². The van der Waals surface area contributed by atoms with Crippen molar-refractivity contribution in [2.24, 2.45) is 0 Å². The quantitative estimate of drug-likeness (QED) is 0.398. The van der Waals surface area contributed by atoms with Crippen molar-refractivity contribution in [3.63, 3.8) is 0 Å². The van der Waals surface area contributed by atoms with E-state index in [2.05, 4.69) is 40.2 Å². The molecular weight excluding hydrogens is 392 g/mol. The predicted octanol–water partition coefficient (Wildman–Crippen LogP) is 5.48. The molecule has 0 unspecified atom stereocenters. The van der Waals surface area contributed by atoms with Gasteiger partial charge in [0.2, 0.25) is 0 Å². The van der Waals surface area contributed by atoms with Crippen LogP contribution in [0.15, 0.2) is 72.3 Å². The number of ether oxygens (including phenoxy) is 2. The molecule has 0 saturated heterocycles. The molecule has 132 valence electrons. The van der Waals surface area contributed by atoms with Gasteiger partial charge in [0.25, 0.3) is 0 Å². The lowest BCUT2D eigenvalue weighted by Gasteiger charge is -2.11.